The van der Waals surface area contributed by atoms with E-state index in [0.29, 0.717) is 0 Å². The van der Waals surface area contributed by atoms with E-state index in [2.05, 4.69) is 10.2 Å². The summed E-state index contributed by atoms with van der Waals surface area (Å²) in [5.41, 5.74) is 0. The number of nitrogens with zero attached hydrogens (tertiary/aromatic N) is 2. The van der Waals surface area contributed by atoms with E-state index in [1.54, 1.807) is 0 Å². The number of amides is 1. The van der Waals surface area contributed by atoms with Gasteiger partial charge in [0.2, 0.25) is 0 Å². The zero-order valence-electron chi connectivity index (χ0n) is 5.19. The van der Waals surface area contributed by atoms with E-state index in [-0.39, 0.29) is 5.16 Å². The van der Waals surface area contributed by atoms with Crippen molar-refractivity contribution >= 4 is 23.5 Å². The normalized spacial score (nSPS) is 23.2. The summed E-state index contributed by atoms with van der Waals surface area (Å²) in [6.07, 6.45) is 1.04. The molecule has 1 N–H and O–H groups in total. The molecule has 11 heavy (non-hydrogen) atoms. The van der Waals surface area contributed by atoms with E-state index >= 15 is 0 Å². The monoisotopic (exact) mass is 174 g/mol. The molecule has 0 bridgehead atoms. The first-order valence-electron chi connectivity index (χ1n) is 2.67. The van der Waals surface area contributed by atoms with Gasteiger partial charge in [0.25, 0.3) is 5.91 Å². The van der Waals surface area contributed by atoms with Crippen LogP contribution in [0, 0.1) is 5.92 Å². The van der Waals surface area contributed by atoms with Crippen molar-refractivity contribution in [2.75, 3.05) is 0 Å². The molecule has 58 valence electrons. The lowest BCUT2D eigenvalue weighted by Crippen LogP contribution is -2.21. The van der Waals surface area contributed by atoms with Gasteiger partial charge >= 0.3 is 5.97 Å². The number of azo groups is 1. The van der Waals surface area contributed by atoms with Crippen molar-refractivity contribution in [1.82, 2.24) is 0 Å². The number of carbonyl (C=O) groups is 2. The maximum atomic E-state index is 10.6. The maximum absolute atomic E-state index is 10.6. The van der Waals surface area contributed by atoms with Gasteiger partial charge in [0.15, 0.2) is 5.92 Å². The van der Waals surface area contributed by atoms with Gasteiger partial charge in [0.1, 0.15) is 5.16 Å². The molecule has 0 aromatic rings. The molecule has 1 aliphatic rings. The number of hydrogen-bond acceptors (Lipinski definition) is 3. The van der Waals surface area contributed by atoms with Gasteiger partial charge in [-0.25, -0.2) is 0 Å². The molecule has 0 saturated heterocycles. The summed E-state index contributed by atoms with van der Waals surface area (Å²) in [5.74, 6) is -3.35. The fourth-order valence-corrected chi connectivity index (χ4v) is 0.742. The molecule has 0 fully saturated rings. The highest BCUT2D eigenvalue weighted by atomic mass is 35.5. The van der Waals surface area contributed by atoms with E-state index in [1.807, 2.05) is 0 Å². The summed E-state index contributed by atoms with van der Waals surface area (Å²) in [7, 11) is 0. The fourth-order valence-electron chi connectivity index (χ4n) is 0.578. The van der Waals surface area contributed by atoms with Crippen LogP contribution in [0.4, 0.5) is 0 Å². The molecule has 5 nitrogen and oxygen atoms in total. The van der Waals surface area contributed by atoms with Gasteiger partial charge in [-0.2, -0.15) is 0 Å². The largest absolute Gasteiger partial charge is 0.480 e. The molecule has 1 aliphatic heterocycles. The van der Waals surface area contributed by atoms with E-state index in [4.69, 9.17) is 16.7 Å². The van der Waals surface area contributed by atoms with Gasteiger partial charge in [-0.1, -0.05) is 11.6 Å². The Balaban J connectivity index is 2.90. The fraction of sp³-hybridized carbons (Fsp3) is 0.200. The number of halogens is 1. The zero-order valence-corrected chi connectivity index (χ0v) is 5.95. The van der Waals surface area contributed by atoms with E-state index < -0.39 is 17.8 Å². The Morgan fingerprint density at radius 1 is 1.64 bits per heavy atom. The van der Waals surface area contributed by atoms with Crippen LogP contribution >= 0.6 is 11.6 Å². The standard InChI is InChI=1S/C5H3ClN2O3/c6-3-1-2(5(10)11)4(9)8-7-3/h1-2H,(H,10,11). The molecule has 0 radical (unpaired) electrons. The number of hydrogen-bond donors (Lipinski definition) is 1. The van der Waals surface area contributed by atoms with Crippen LogP contribution in [0.25, 0.3) is 0 Å². The second-order valence-electron chi connectivity index (χ2n) is 1.84. The van der Waals surface area contributed by atoms with E-state index in [9.17, 15) is 9.59 Å². The summed E-state index contributed by atoms with van der Waals surface area (Å²) >= 11 is 5.31. The molecule has 1 unspecified atom stereocenters. The lowest BCUT2D eigenvalue weighted by atomic mass is 10.1. The number of carboxylic acid groups (broad SMARTS) is 1. The predicted molar refractivity (Wildman–Crippen MR) is 34.9 cm³/mol. The maximum Gasteiger partial charge on any atom is 0.320 e. The summed E-state index contributed by atoms with van der Waals surface area (Å²) in [6.45, 7) is 0. The van der Waals surface area contributed by atoms with Gasteiger partial charge in [-0.3, -0.25) is 9.59 Å². The van der Waals surface area contributed by atoms with Gasteiger partial charge in [0.05, 0.1) is 0 Å². The molecular weight excluding hydrogens is 172 g/mol. The highest BCUT2D eigenvalue weighted by Crippen LogP contribution is 2.16. The highest BCUT2D eigenvalue weighted by molar-refractivity contribution is 6.30. The summed E-state index contributed by atoms with van der Waals surface area (Å²) < 4.78 is 0. The van der Waals surface area contributed by atoms with Gasteiger partial charge in [-0.15, -0.1) is 10.2 Å². The quantitative estimate of drug-likeness (QED) is 0.471. The molecule has 1 heterocycles. The van der Waals surface area contributed by atoms with Crippen molar-refractivity contribution in [3.8, 4) is 0 Å². The van der Waals surface area contributed by atoms with Crippen LogP contribution in [0.2, 0.25) is 0 Å². The van der Waals surface area contributed by atoms with Crippen LogP contribution in [-0.2, 0) is 9.59 Å². The molecule has 0 saturated carbocycles. The van der Waals surface area contributed by atoms with Crippen molar-refractivity contribution < 1.29 is 14.7 Å². The molecular formula is C5H3ClN2O3. The SMILES string of the molecule is O=C(O)C1C=C(Cl)N=NC1=O. The first-order chi connectivity index (χ1) is 5.11. The van der Waals surface area contributed by atoms with Crippen LogP contribution in [-0.4, -0.2) is 17.0 Å². The minimum atomic E-state index is -1.28. The van der Waals surface area contributed by atoms with Gasteiger partial charge < -0.3 is 5.11 Å². The third kappa shape index (κ3) is 1.62. The molecule has 6 heteroatoms. The average Bonchev–Trinajstić information content (AvgIpc) is 1.94. The topological polar surface area (TPSA) is 79.1 Å². The Hall–Kier alpha value is -1.23. The molecule has 0 aliphatic carbocycles. The van der Waals surface area contributed by atoms with Crippen molar-refractivity contribution in [3.63, 3.8) is 0 Å². The molecule has 0 aromatic carbocycles. The van der Waals surface area contributed by atoms with Gasteiger partial charge in [-0.05, 0) is 6.08 Å². The molecule has 1 rings (SSSR count). The number of carbonyl (C=O) groups excluding carboxylic acids is 1. The smallest absolute Gasteiger partial charge is 0.320 e. The number of aliphatic carboxylic acids is 1. The lowest BCUT2D eigenvalue weighted by molar-refractivity contribution is -0.144. The lowest BCUT2D eigenvalue weighted by Gasteiger charge is -2.04. The van der Waals surface area contributed by atoms with Crippen molar-refractivity contribution in [1.29, 1.82) is 0 Å². The molecule has 1 atom stereocenters. The zero-order chi connectivity index (χ0) is 8.43. The van der Waals surface area contributed by atoms with Crippen LogP contribution < -0.4 is 0 Å². The van der Waals surface area contributed by atoms with Crippen molar-refractivity contribution in [3.05, 3.63) is 11.2 Å². The Kier molecular flexibility index (Phi) is 2.00. The molecule has 0 spiro atoms. The second kappa shape index (κ2) is 2.79. The third-order valence-electron chi connectivity index (χ3n) is 1.08. The van der Waals surface area contributed by atoms with E-state index in [0.717, 1.165) is 6.08 Å². The van der Waals surface area contributed by atoms with Crippen LogP contribution in [0.15, 0.2) is 21.5 Å². The first kappa shape index (κ1) is 7.87. The Labute approximate surface area is 66.4 Å². The first-order valence-corrected chi connectivity index (χ1v) is 3.05. The van der Waals surface area contributed by atoms with Gasteiger partial charge in [0, 0.05) is 0 Å². The minimum Gasteiger partial charge on any atom is -0.480 e. The van der Waals surface area contributed by atoms with Crippen molar-refractivity contribution in [2.45, 2.75) is 0 Å². The van der Waals surface area contributed by atoms with Crippen LogP contribution in [0.5, 0.6) is 0 Å². The molecule has 1 amide bonds. The molecule has 0 aromatic heterocycles. The Morgan fingerprint density at radius 2 is 2.27 bits per heavy atom. The number of carboxylic acids is 1. The minimum absolute atomic E-state index is 0.0722. The Morgan fingerprint density at radius 3 is 2.73 bits per heavy atom. The predicted octanol–water partition coefficient (Wildman–Crippen LogP) is 0.760. The third-order valence-corrected chi connectivity index (χ3v) is 1.28. The highest BCUT2D eigenvalue weighted by Gasteiger charge is 2.26. The average molecular weight is 175 g/mol. The number of rotatable bonds is 1. The summed E-state index contributed by atoms with van der Waals surface area (Å²) in [4.78, 5) is 20.9. The van der Waals surface area contributed by atoms with Crippen LogP contribution in [0.1, 0.15) is 0 Å². The summed E-state index contributed by atoms with van der Waals surface area (Å²) in [5, 5.41) is 14.5. The van der Waals surface area contributed by atoms with Crippen molar-refractivity contribution in [2.24, 2.45) is 16.1 Å². The van der Waals surface area contributed by atoms with E-state index in [1.165, 1.54) is 0 Å². The van der Waals surface area contributed by atoms with Crippen LogP contribution in [0.3, 0.4) is 0 Å². The Bertz CT molecular complexity index is 271. The summed E-state index contributed by atoms with van der Waals surface area (Å²) in [6, 6.07) is 0. The second-order valence-corrected chi connectivity index (χ2v) is 2.23.